The van der Waals surface area contributed by atoms with Gasteiger partial charge in [0.05, 0.1) is 7.11 Å². The lowest BCUT2D eigenvalue weighted by Gasteiger charge is -2.39. The van der Waals surface area contributed by atoms with Gasteiger partial charge in [-0.3, -0.25) is 9.69 Å². The molecule has 0 N–H and O–H groups in total. The van der Waals surface area contributed by atoms with Gasteiger partial charge in [-0.05, 0) is 25.0 Å². The molecule has 1 heterocycles. The second-order valence-corrected chi connectivity index (χ2v) is 5.66. The highest BCUT2D eigenvalue weighted by Crippen LogP contribution is 2.32. The van der Waals surface area contributed by atoms with Crippen molar-refractivity contribution < 1.29 is 14.3 Å². The number of rotatable bonds is 7. The zero-order valence-corrected chi connectivity index (χ0v) is 13.2. The summed E-state index contributed by atoms with van der Waals surface area (Å²) < 4.78 is 4.84. The van der Waals surface area contributed by atoms with Crippen LogP contribution in [0.5, 0.6) is 0 Å². The minimum absolute atomic E-state index is 0.0193. The molecule has 1 saturated carbocycles. The molecule has 0 spiro atoms. The summed E-state index contributed by atoms with van der Waals surface area (Å²) in [6.07, 6.45) is 7.24. The number of carbonyl (C=O) groups excluding carboxylic acids is 2. The van der Waals surface area contributed by atoms with Crippen LogP contribution in [-0.2, 0) is 14.3 Å². The molecule has 0 aromatic heterocycles. The number of ketones is 1. The molecule has 0 aromatic carbocycles. The topological polar surface area (TPSA) is 49.9 Å². The van der Waals surface area contributed by atoms with E-state index >= 15 is 0 Å². The molecule has 1 unspecified atom stereocenters. The Morgan fingerprint density at radius 3 is 2.27 bits per heavy atom. The molecule has 1 atom stereocenters. The average molecular weight is 304 g/mol. The van der Waals surface area contributed by atoms with Gasteiger partial charge in [0.1, 0.15) is 0 Å². The first-order chi connectivity index (χ1) is 10.6. The number of methoxy groups -OCH3 is 1. The van der Waals surface area contributed by atoms with Crippen LogP contribution in [0.2, 0.25) is 0 Å². The summed E-state index contributed by atoms with van der Waals surface area (Å²) in [7, 11) is 1.34. The smallest absolute Gasteiger partial charge is 0.330 e. The van der Waals surface area contributed by atoms with E-state index in [-0.39, 0.29) is 11.7 Å². The van der Waals surface area contributed by atoms with E-state index in [2.05, 4.69) is 18.1 Å². The van der Waals surface area contributed by atoms with Gasteiger partial charge in [0.2, 0.25) is 0 Å². The predicted octanol–water partition coefficient (Wildman–Crippen LogP) is 1.38. The second-order valence-electron chi connectivity index (χ2n) is 5.66. The Hall–Kier alpha value is -1.88. The molecule has 0 bridgehead atoms. The summed E-state index contributed by atoms with van der Waals surface area (Å²) in [5, 5.41) is 0. The average Bonchev–Trinajstić information content (AvgIpc) is 3.38. The zero-order valence-electron chi connectivity index (χ0n) is 13.2. The lowest BCUT2D eigenvalue weighted by molar-refractivity contribution is -0.152. The van der Waals surface area contributed by atoms with Crippen LogP contribution in [-0.4, -0.2) is 60.9 Å². The molecule has 2 rings (SSSR count). The first-order valence-electron chi connectivity index (χ1n) is 7.68. The molecule has 2 fully saturated rings. The van der Waals surface area contributed by atoms with Gasteiger partial charge in [-0.15, -0.1) is 0 Å². The van der Waals surface area contributed by atoms with Crippen molar-refractivity contribution in [1.29, 1.82) is 0 Å². The fourth-order valence-electron chi connectivity index (χ4n) is 2.81. The van der Waals surface area contributed by atoms with Crippen molar-refractivity contribution >= 4 is 11.8 Å². The lowest BCUT2D eigenvalue weighted by atomic mass is 10.1. The fourth-order valence-corrected chi connectivity index (χ4v) is 2.81. The third-order valence-electron chi connectivity index (χ3n) is 4.22. The molecule has 1 saturated heterocycles. The van der Waals surface area contributed by atoms with Gasteiger partial charge in [0, 0.05) is 37.8 Å². The molecule has 5 nitrogen and oxygen atoms in total. The molecule has 0 aromatic rings. The summed E-state index contributed by atoms with van der Waals surface area (Å²) in [5.41, 5.74) is 1.01. The van der Waals surface area contributed by atoms with Gasteiger partial charge in [-0.2, -0.15) is 0 Å². The van der Waals surface area contributed by atoms with Crippen LogP contribution in [0.25, 0.3) is 0 Å². The first kappa shape index (κ1) is 16.5. The number of nitrogens with zero attached hydrogens (tertiary/aromatic N) is 2. The number of hydrogen-bond acceptors (Lipinski definition) is 5. The molecule has 0 radical (unpaired) electrons. The quantitative estimate of drug-likeness (QED) is 0.404. The molecule has 1 aliphatic heterocycles. The van der Waals surface area contributed by atoms with Gasteiger partial charge >= 0.3 is 5.97 Å². The number of carbonyl (C=O) groups is 2. The normalized spacial score (nSPS) is 21.1. The van der Waals surface area contributed by atoms with Gasteiger partial charge < -0.3 is 9.64 Å². The number of hydrogen-bond donors (Lipinski definition) is 0. The van der Waals surface area contributed by atoms with Gasteiger partial charge in [-0.1, -0.05) is 19.2 Å². The maximum absolute atomic E-state index is 12.4. The number of Topliss-reactive ketones (excluding diaryl/α,β-unsaturated/α-hetero) is 1. The van der Waals surface area contributed by atoms with E-state index in [0.717, 1.165) is 31.6 Å². The molecule has 120 valence electrons. The van der Waals surface area contributed by atoms with Gasteiger partial charge in [0.25, 0.3) is 0 Å². The van der Waals surface area contributed by atoms with E-state index in [0.29, 0.717) is 13.1 Å². The van der Waals surface area contributed by atoms with E-state index in [1.807, 2.05) is 11.0 Å². The highest BCUT2D eigenvalue weighted by atomic mass is 16.5. The highest BCUT2D eigenvalue weighted by Gasteiger charge is 2.42. The summed E-state index contributed by atoms with van der Waals surface area (Å²) in [4.78, 5) is 28.5. The number of ether oxygens (including phenoxy) is 1. The van der Waals surface area contributed by atoms with Crippen molar-refractivity contribution in [1.82, 2.24) is 9.80 Å². The minimum atomic E-state index is -0.741. The highest BCUT2D eigenvalue weighted by molar-refractivity contribution is 6.05. The molecular formula is C17H24N2O3. The number of esters is 1. The van der Waals surface area contributed by atoms with E-state index in [1.165, 1.54) is 7.11 Å². The van der Waals surface area contributed by atoms with Crippen LogP contribution in [0.3, 0.4) is 0 Å². The Bertz CT molecular complexity index is 486. The minimum Gasteiger partial charge on any atom is -0.468 e. The first-order valence-corrected chi connectivity index (χ1v) is 7.68. The third kappa shape index (κ3) is 3.65. The van der Waals surface area contributed by atoms with Crippen LogP contribution in [0.15, 0.2) is 37.1 Å². The number of allylic oxidation sites excluding steroid dienone is 3. The summed E-state index contributed by atoms with van der Waals surface area (Å²) in [6, 6.07) is -0.741. The summed E-state index contributed by atoms with van der Waals surface area (Å²) in [5.74, 6) is -0.367. The maximum Gasteiger partial charge on any atom is 0.330 e. The van der Waals surface area contributed by atoms with Crippen LogP contribution in [0, 0.1) is 5.92 Å². The lowest BCUT2D eigenvalue weighted by Crippen LogP contribution is -2.55. The van der Waals surface area contributed by atoms with Crippen LogP contribution >= 0.6 is 0 Å². The van der Waals surface area contributed by atoms with E-state index in [1.54, 1.807) is 12.2 Å². The van der Waals surface area contributed by atoms with Gasteiger partial charge in [0.15, 0.2) is 11.8 Å². The Labute approximate surface area is 131 Å². The van der Waals surface area contributed by atoms with Crippen molar-refractivity contribution in [3.63, 3.8) is 0 Å². The van der Waals surface area contributed by atoms with Crippen LogP contribution < -0.4 is 0 Å². The SMILES string of the molecule is C=C/C=C(\C=C)N1CCN(C(C(=O)OC)C(=O)C2CC2)CC1. The van der Waals surface area contributed by atoms with Crippen molar-refractivity contribution in [2.24, 2.45) is 5.92 Å². The van der Waals surface area contributed by atoms with E-state index in [4.69, 9.17) is 4.74 Å². The van der Waals surface area contributed by atoms with Crippen molar-refractivity contribution in [2.45, 2.75) is 18.9 Å². The second kappa shape index (κ2) is 7.40. The van der Waals surface area contributed by atoms with Crippen molar-refractivity contribution in [3.05, 3.63) is 37.1 Å². The third-order valence-corrected chi connectivity index (χ3v) is 4.22. The predicted molar refractivity (Wildman–Crippen MR) is 85.2 cm³/mol. The molecule has 5 heteroatoms. The monoisotopic (exact) mass is 304 g/mol. The van der Waals surface area contributed by atoms with E-state index < -0.39 is 12.0 Å². The van der Waals surface area contributed by atoms with Crippen LogP contribution in [0.4, 0.5) is 0 Å². The largest absolute Gasteiger partial charge is 0.468 e. The Morgan fingerprint density at radius 2 is 1.82 bits per heavy atom. The molecule has 2 aliphatic rings. The Morgan fingerprint density at radius 1 is 1.18 bits per heavy atom. The molecule has 1 aliphatic carbocycles. The van der Waals surface area contributed by atoms with Gasteiger partial charge in [-0.25, -0.2) is 4.79 Å². The fraction of sp³-hybridized carbons (Fsp3) is 0.529. The molecule has 22 heavy (non-hydrogen) atoms. The van der Waals surface area contributed by atoms with Crippen molar-refractivity contribution in [2.75, 3.05) is 33.3 Å². The molecule has 0 amide bonds. The zero-order chi connectivity index (χ0) is 16.1. The molecular weight excluding hydrogens is 280 g/mol. The van der Waals surface area contributed by atoms with Crippen molar-refractivity contribution in [3.8, 4) is 0 Å². The Balaban J connectivity index is 2.02. The van der Waals surface area contributed by atoms with Crippen LogP contribution in [0.1, 0.15) is 12.8 Å². The van der Waals surface area contributed by atoms with E-state index in [9.17, 15) is 9.59 Å². The summed E-state index contributed by atoms with van der Waals surface area (Å²) >= 11 is 0. The standard InChI is InChI=1S/C17H24N2O3/c1-4-6-14(5-2)18-9-11-19(12-10-18)15(17(21)22-3)16(20)13-7-8-13/h4-6,13,15H,1-2,7-12H2,3H3/b14-6+. The Kier molecular flexibility index (Phi) is 5.55. The summed E-state index contributed by atoms with van der Waals surface area (Å²) in [6.45, 7) is 10.3. The number of piperazine rings is 1. The maximum atomic E-state index is 12.4.